The van der Waals surface area contributed by atoms with Gasteiger partial charge < -0.3 is 14.8 Å². The van der Waals surface area contributed by atoms with Crippen molar-refractivity contribution in [3.05, 3.63) is 65.4 Å². The molecule has 1 saturated carbocycles. The van der Waals surface area contributed by atoms with Gasteiger partial charge in [0.05, 0.1) is 18.2 Å². The minimum absolute atomic E-state index is 0.0851. The van der Waals surface area contributed by atoms with Gasteiger partial charge in [-0.1, -0.05) is 12.1 Å². The molecule has 6 nitrogen and oxygen atoms in total. The summed E-state index contributed by atoms with van der Waals surface area (Å²) in [6.45, 7) is 3.72. The highest BCUT2D eigenvalue weighted by atomic mass is 16.5. The third-order valence-electron chi connectivity index (χ3n) is 6.87. The minimum atomic E-state index is -0.420. The fraction of sp³-hybridized carbons (Fsp3) is 0.385. The maximum Gasteiger partial charge on any atom is 0.252 e. The topological polar surface area (TPSA) is 63.7 Å². The molecule has 1 atom stereocenters. The summed E-state index contributed by atoms with van der Waals surface area (Å²) in [6.07, 6.45) is 4.70. The van der Waals surface area contributed by atoms with Gasteiger partial charge in [0.1, 0.15) is 18.1 Å². The summed E-state index contributed by atoms with van der Waals surface area (Å²) in [5, 5.41) is 4.32. The van der Waals surface area contributed by atoms with Crippen molar-refractivity contribution in [3.8, 4) is 11.5 Å². The van der Waals surface area contributed by atoms with Gasteiger partial charge in [0.25, 0.3) is 5.91 Å². The van der Waals surface area contributed by atoms with Gasteiger partial charge >= 0.3 is 0 Å². The molecule has 1 aliphatic carbocycles. The van der Waals surface area contributed by atoms with Crippen LogP contribution in [0.3, 0.4) is 0 Å². The number of hydrogen-bond donors (Lipinski definition) is 1. The first kappa shape index (κ1) is 20.8. The predicted molar refractivity (Wildman–Crippen MR) is 124 cm³/mol. The Bertz CT molecular complexity index is 1170. The van der Waals surface area contributed by atoms with Crippen LogP contribution in [-0.4, -0.2) is 49.1 Å². The molecule has 2 fully saturated rings. The average molecular weight is 432 g/mol. The van der Waals surface area contributed by atoms with E-state index in [1.165, 1.54) is 0 Å². The molecule has 32 heavy (non-hydrogen) atoms. The molecule has 0 radical (unpaired) electrons. The van der Waals surface area contributed by atoms with Crippen molar-refractivity contribution in [2.75, 3.05) is 27.3 Å². The second kappa shape index (κ2) is 8.10. The fourth-order valence-corrected chi connectivity index (χ4v) is 4.43. The van der Waals surface area contributed by atoms with Crippen LogP contribution in [0.4, 0.5) is 0 Å². The van der Waals surface area contributed by atoms with Crippen molar-refractivity contribution in [1.29, 1.82) is 0 Å². The van der Waals surface area contributed by atoms with E-state index in [0.29, 0.717) is 18.2 Å². The largest absolute Gasteiger partial charge is 0.497 e. The van der Waals surface area contributed by atoms with Gasteiger partial charge in [-0.2, -0.15) is 0 Å². The number of carbonyl (C=O) groups is 1. The van der Waals surface area contributed by atoms with Crippen molar-refractivity contribution in [2.24, 2.45) is 0 Å². The zero-order valence-corrected chi connectivity index (χ0v) is 18.9. The Morgan fingerprint density at radius 2 is 2.06 bits per heavy atom. The number of nitrogens with zero attached hydrogens (tertiary/aromatic N) is 2. The molecule has 1 aromatic heterocycles. The lowest BCUT2D eigenvalue weighted by Gasteiger charge is -2.37. The van der Waals surface area contributed by atoms with Crippen LogP contribution >= 0.6 is 0 Å². The molecule has 1 aliphatic heterocycles. The van der Waals surface area contributed by atoms with E-state index in [1.807, 2.05) is 49.4 Å². The lowest BCUT2D eigenvalue weighted by atomic mass is 9.99. The van der Waals surface area contributed by atoms with Crippen LogP contribution in [-0.2, 0) is 5.54 Å². The molecule has 2 aromatic carbocycles. The number of carbonyl (C=O) groups excluding carboxylic acids is 1. The number of aryl methyl sites for hydroxylation is 1. The number of ether oxygens (including phenoxy) is 2. The number of nitrogens with one attached hydrogen (secondary N) is 1. The second-order valence-electron chi connectivity index (χ2n) is 9.00. The Morgan fingerprint density at radius 3 is 2.75 bits per heavy atom. The van der Waals surface area contributed by atoms with Crippen LogP contribution < -0.4 is 14.8 Å². The van der Waals surface area contributed by atoms with Gasteiger partial charge in [0.2, 0.25) is 0 Å². The first-order valence-corrected chi connectivity index (χ1v) is 11.2. The van der Waals surface area contributed by atoms with E-state index >= 15 is 0 Å². The lowest BCUT2D eigenvalue weighted by Crippen LogP contribution is -2.48. The number of pyridine rings is 1. The summed E-state index contributed by atoms with van der Waals surface area (Å²) in [7, 11) is 3.77. The molecule has 3 aromatic rings. The van der Waals surface area contributed by atoms with E-state index in [9.17, 15) is 4.79 Å². The maximum atomic E-state index is 13.4. The molecule has 1 unspecified atom stereocenters. The maximum absolute atomic E-state index is 13.4. The molecule has 1 saturated heterocycles. The SMILES string of the molecule is COc1cc(C2(NC(=O)c3cc(OCC4CCN4C)ccc3C)CC2)c2ncccc2c1. The number of amides is 1. The quantitative estimate of drug-likeness (QED) is 0.611. The van der Waals surface area contributed by atoms with Crippen molar-refractivity contribution >= 4 is 16.8 Å². The van der Waals surface area contributed by atoms with Gasteiger partial charge in [-0.3, -0.25) is 14.7 Å². The fourth-order valence-electron chi connectivity index (χ4n) is 4.43. The van der Waals surface area contributed by atoms with Crippen molar-refractivity contribution in [2.45, 2.75) is 37.8 Å². The summed E-state index contributed by atoms with van der Waals surface area (Å²) < 4.78 is 11.5. The van der Waals surface area contributed by atoms with Crippen molar-refractivity contribution in [1.82, 2.24) is 15.2 Å². The van der Waals surface area contributed by atoms with E-state index in [-0.39, 0.29) is 5.91 Å². The van der Waals surface area contributed by atoms with E-state index in [1.54, 1.807) is 13.3 Å². The second-order valence-corrected chi connectivity index (χ2v) is 9.00. The predicted octanol–water partition coefficient (Wildman–Crippen LogP) is 4.05. The van der Waals surface area contributed by atoms with Crippen molar-refractivity contribution in [3.63, 3.8) is 0 Å². The Kier molecular flexibility index (Phi) is 5.25. The number of likely N-dealkylation sites (N-methyl/N-ethyl adjacent to an activating group) is 1. The first-order chi connectivity index (χ1) is 15.5. The Hall–Kier alpha value is -3.12. The molecular formula is C26H29N3O3. The third-order valence-corrected chi connectivity index (χ3v) is 6.87. The van der Waals surface area contributed by atoms with Gasteiger partial charge in [-0.25, -0.2) is 0 Å². The summed E-state index contributed by atoms with van der Waals surface area (Å²) in [5.74, 6) is 1.42. The van der Waals surface area contributed by atoms with Gasteiger partial charge in [-0.05, 0) is 75.7 Å². The monoisotopic (exact) mass is 431 g/mol. The van der Waals surface area contributed by atoms with E-state index < -0.39 is 5.54 Å². The normalized spacial score (nSPS) is 19.3. The first-order valence-electron chi connectivity index (χ1n) is 11.2. The third kappa shape index (κ3) is 3.79. The van der Waals surface area contributed by atoms with Gasteiger partial charge in [0, 0.05) is 28.8 Å². The van der Waals surface area contributed by atoms with E-state index in [4.69, 9.17) is 9.47 Å². The molecule has 6 heteroatoms. The average Bonchev–Trinajstić information content (AvgIpc) is 3.58. The van der Waals surface area contributed by atoms with Crippen LogP contribution in [0.15, 0.2) is 48.7 Å². The number of benzene rings is 2. The number of aromatic nitrogens is 1. The van der Waals surface area contributed by atoms with E-state index in [2.05, 4.69) is 22.2 Å². The van der Waals surface area contributed by atoms with Crippen LogP contribution in [0.2, 0.25) is 0 Å². The molecular weight excluding hydrogens is 402 g/mol. The summed E-state index contributed by atoms with van der Waals surface area (Å²) in [6, 6.07) is 14.1. The van der Waals surface area contributed by atoms with Crippen LogP contribution in [0.5, 0.6) is 11.5 Å². The Labute approximate surface area is 188 Å². The van der Waals surface area contributed by atoms with Crippen LogP contribution in [0.1, 0.15) is 40.7 Å². The Morgan fingerprint density at radius 1 is 1.22 bits per heavy atom. The molecule has 0 spiro atoms. The van der Waals surface area contributed by atoms with Crippen LogP contribution in [0, 0.1) is 6.92 Å². The van der Waals surface area contributed by atoms with E-state index in [0.717, 1.165) is 59.3 Å². The number of hydrogen-bond acceptors (Lipinski definition) is 5. The molecule has 0 bridgehead atoms. The lowest BCUT2D eigenvalue weighted by molar-refractivity contribution is 0.0767. The van der Waals surface area contributed by atoms with Gasteiger partial charge in [-0.15, -0.1) is 0 Å². The van der Waals surface area contributed by atoms with Gasteiger partial charge in [0.15, 0.2) is 0 Å². The molecule has 166 valence electrons. The van der Waals surface area contributed by atoms with Crippen molar-refractivity contribution < 1.29 is 14.3 Å². The zero-order valence-electron chi connectivity index (χ0n) is 18.9. The number of rotatable bonds is 7. The highest BCUT2D eigenvalue weighted by Gasteiger charge is 2.47. The zero-order chi connectivity index (χ0) is 22.3. The molecule has 5 rings (SSSR count). The number of fused-ring (bicyclic) bond motifs is 1. The number of methoxy groups -OCH3 is 1. The molecule has 1 N–H and O–H groups in total. The summed E-state index contributed by atoms with van der Waals surface area (Å²) >= 11 is 0. The highest BCUT2D eigenvalue weighted by molar-refractivity contribution is 5.97. The molecule has 2 heterocycles. The molecule has 1 amide bonds. The molecule has 2 aliphatic rings. The summed E-state index contributed by atoms with van der Waals surface area (Å²) in [4.78, 5) is 20.3. The Balaban J connectivity index is 1.39. The minimum Gasteiger partial charge on any atom is -0.497 e. The smallest absolute Gasteiger partial charge is 0.252 e. The summed E-state index contributed by atoms with van der Waals surface area (Å²) in [5.41, 5.74) is 3.08. The number of likely N-dealkylation sites (tertiary alicyclic amines) is 1. The van der Waals surface area contributed by atoms with Crippen LogP contribution in [0.25, 0.3) is 10.9 Å². The standard InChI is InChI=1S/C26H29N3O3/c1-17-6-7-20(32-16-19-8-12-29(19)2)14-22(17)25(30)28-26(9-10-26)23-15-21(31-3)13-18-5-4-11-27-24(18)23/h4-7,11,13-15,19H,8-10,12,16H2,1-3H3,(H,28,30). The highest BCUT2D eigenvalue weighted by Crippen LogP contribution is 2.49.